The summed E-state index contributed by atoms with van der Waals surface area (Å²) >= 11 is 0. The van der Waals surface area contributed by atoms with E-state index in [9.17, 15) is 0 Å². The summed E-state index contributed by atoms with van der Waals surface area (Å²) in [6, 6.07) is 9.52. The molecule has 2 nitrogen and oxygen atoms in total. The predicted octanol–water partition coefficient (Wildman–Crippen LogP) is 2.17. The molecule has 2 N–H and O–H groups in total. The largest absolute Gasteiger partial charge is 0.329 e. The minimum absolute atomic E-state index is 0.626. The van der Waals surface area contributed by atoms with Crippen molar-refractivity contribution in [2.75, 3.05) is 13.1 Å². The second-order valence-corrected chi connectivity index (χ2v) is 5.48. The molecule has 0 radical (unpaired) electrons. The highest BCUT2D eigenvalue weighted by Gasteiger charge is 2.34. The number of hydrogen-bond acceptors (Lipinski definition) is 2. The zero-order valence-corrected chi connectivity index (χ0v) is 10.4. The van der Waals surface area contributed by atoms with Crippen LogP contribution in [0.5, 0.6) is 0 Å². The van der Waals surface area contributed by atoms with E-state index in [4.69, 9.17) is 5.73 Å². The van der Waals surface area contributed by atoms with E-state index < -0.39 is 0 Å². The quantitative estimate of drug-likeness (QED) is 0.862. The van der Waals surface area contributed by atoms with Crippen LogP contribution in [-0.2, 0) is 13.0 Å². The molecule has 3 rings (SSSR count). The normalized spacial score (nSPS) is 22.9. The number of hydrogen-bond donors (Lipinski definition) is 1. The zero-order valence-electron chi connectivity index (χ0n) is 10.4. The molecule has 0 saturated heterocycles. The van der Waals surface area contributed by atoms with Gasteiger partial charge in [-0.2, -0.15) is 0 Å². The first kappa shape index (κ1) is 11.2. The molecule has 1 aliphatic carbocycles. The molecule has 0 amide bonds. The van der Waals surface area contributed by atoms with E-state index in [0.717, 1.165) is 19.0 Å². The fourth-order valence-electron chi connectivity index (χ4n) is 3.13. The molecule has 1 aromatic carbocycles. The van der Waals surface area contributed by atoms with Gasteiger partial charge in [-0.15, -0.1) is 0 Å². The molecule has 1 fully saturated rings. The molecule has 1 unspecified atom stereocenters. The Labute approximate surface area is 104 Å². The van der Waals surface area contributed by atoms with E-state index in [2.05, 4.69) is 29.2 Å². The van der Waals surface area contributed by atoms with Crippen molar-refractivity contribution in [2.24, 2.45) is 11.7 Å². The Morgan fingerprint density at radius 3 is 2.71 bits per heavy atom. The van der Waals surface area contributed by atoms with Gasteiger partial charge in [0.1, 0.15) is 0 Å². The summed E-state index contributed by atoms with van der Waals surface area (Å²) in [5.74, 6) is 0.880. The molecular weight excluding hydrogens is 208 g/mol. The molecule has 0 aromatic heterocycles. The first-order chi connectivity index (χ1) is 8.38. The standard InChI is InChI=1S/C15H22N2/c16-10-15(13-7-8-13)17-9-3-6-12-4-1-2-5-14(12)11-17/h1-2,4-5,13,15H,3,6-11,16H2. The lowest BCUT2D eigenvalue weighted by Crippen LogP contribution is -2.41. The first-order valence-corrected chi connectivity index (χ1v) is 6.89. The van der Waals surface area contributed by atoms with Crippen molar-refractivity contribution in [3.05, 3.63) is 35.4 Å². The van der Waals surface area contributed by atoms with Crippen LogP contribution in [0.25, 0.3) is 0 Å². The van der Waals surface area contributed by atoms with Crippen LogP contribution in [-0.4, -0.2) is 24.0 Å². The summed E-state index contributed by atoms with van der Waals surface area (Å²) in [4.78, 5) is 2.63. The Morgan fingerprint density at radius 2 is 2.00 bits per heavy atom. The maximum Gasteiger partial charge on any atom is 0.0250 e. The maximum atomic E-state index is 5.97. The maximum absolute atomic E-state index is 5.97. The van der Waals surface area contributed by atoms with Crippen LogP contribution in [0.3, 0.4) is 0 Å². The molecule has 1 aliphatic heterocycles. The van der Waals surface area contributed by atoms with Gasteiger partial charge in [0.05, 0.1) is 0 Å². The van der Waals surface area contributed by atoms with Crippen molar-refractivity contribution >= 4 is 0 Å². The lowest BCUT2D eigenvalue weighted by molar-refractivity contribution is 0.175. The summed E-state index contributed by atoms with van der Waals surface area (Å²) in [6.07, 6.45) is 5.29. The third-order valence-corrected chi connectivity index (χ3v) is 4.26. The van der Waals surface area contributed by atoms with E-state index in [-0.39, 0.29) is 0 Å². The first-order valence-electron chi connectivity index (χ1n) is 6.89. The summed E-state index contributed by atoms with van der Waals surface area (Å²) in [5, 5.41) is 0. The third-order valence-electron chi connectivity index (χ3n) is 4.26. The SMILES string of the molecule is NCC(C1CC1)N1CCCc2ccccc2C1. The van der Waals surface area contributed by atoms with E-state index in [1.165, 1.54) is 37.8 Å². The van der Waals surface area contributed by atoms with Crippen molar-refractivity contribution in [3.8, 4) is 0 Å². The van der Waals surface area contributed by atoms with Crippen molar-refractivity contribution in [1.82, 2.24) is 4.90 Å². The van der Waals surface area contributed by atoms with Gasteiger partial charge in [-0.25, -0.2) is 0 Å². The lowest BCUT2D eigenvalue weighted by Gasteiger charge is -2.30. The van der Waals surface area contributed by atoms with Crippen LogP contribution in [0.4, 0.5) is 0 Å². The molecule has 1 atom stereocenters. The van der Waals surface area contributed by atoms with Gasteiger partial charge in [-0.3, -0.25) is 4.90 Å². The second kappa shape index (κ2) is 4.79. The van der Waals surface area contributed by atoms with Gasteiger partial charge >= 0.3 is 0 Å². The molecule has 1 aromatic rings. The van der Waals surface area contributed by atoms with Crippen LogP contribution < -0.4 is 5.73 Å². The van der Waals surface area contributed by atoms with Crippen LogP contribution in [0.2, 0.25) is 0 Å². The van der Waals surface area contributed by atoms with Crippen molar-refractivity contribution in [3.63, 3.8) is 0 Å². The molecule has 1 heterocycles. The topological polar surface area (TPSA) is 29.3 Å². The van der Waals surface area contributed by atoms with E-state index >= 15 is 0 Å². The highest BCUT2D eigenvalue weighted by Crippen LogP contribution is 2.36. The van der Waals surface area contributed by atoms with E-state index in [1.54, 1.807) is 5.56 Å². The fraction of sp³-hybridized carbons (Fsp3) is 0.600. The Balaban J connectivity index is 1.79. The van der Waals surface area contributed by atoms with Gasteiger partial charge in [0, 0.05) is 19.1 Å². The molecule has 0 spiro atoms. The van der Waals surface area contributed by atoms with Crippen LogP contribution >= 0.6 is 0 Å². The Morgan fingerprint density at radius 1 is 1.24 bits per heavy atom. The zero-order chi connectivity index (χ0) is 11.7. The molecule has 92 valence electrons. The van der Waals surface area contributed by atoms with Gasteiger partial charge in [-0.1, -0.05) is 24.3 Å². The monoisotopic (exact) mass is 230 g/mol. The minimum Gasteiger partial charge on any atom is -0.329 e. The summed E-state index contributed by atoms with van der Waals surface area (Å²) in [7, 11) is 0. The van der Waals surface area contributed by atoms with Gasteiger partial charge < -0.3 is 5.73 Å². The number of rotatable bonds is 3. The molecule has 17 heavy (non-hydrogen) atoms. The summed E-state index contributed by atoms with van der Waals surface area (Å²) in [6.45, 7) is 3.15. The van der Waals surface area contributed by atoms with Crippen LogP contribution in [0.1, 0.15) is 30.4 Å². The second-order valence-electron chi connectivity index (χ2n) is 5.48. The van der Waals surface area contributed by atoms with E-state index in [1.807, 2.05) is 0 Å². The fourth-order valence-corrected chi connectivity index (χ4v) is 3.13. The molecule has 2 heteroatoms. The van der Waals surface area contributed by atoms with Crippen LogP contribution in [0.15, 0.2) is 24.3 Å². The predicted molar refractivity (Wildman–Crippen MR) is 70.7 cm³/mol. The molecule has 2 aliphatic rings. The Hall–Kier alpha value is -0.860. The Bertz CT molecular complexity index is 384. The van der Waals surface area contributed by atoms with Crippen molar-refractivity contribution in [2.45, 2.75) is 38.3 Å². The lowest BCUT2D eigenvalue weighted by atomic mass is 10.0. The van der Waals surface area contributed by atoms with Crippen molar-refractivity contribution in [1.29, 1.82) is 0 Å². The van der Waals surface area contributed by atoms with Gasteiger partial charge in [0.2, 0.25) is 0 Å². The number of fused-ring (bicyclic) bond motifs is 1. The molecular formula is C15H22N2. The molecule has 1 saturated carbocycles. The van der Waals surface area contributed by atoms with Gasteiger partial charge in [0.25, 0.3) is 0 Å². The number of benzene rings is 1. The smallest absolute Gasteiger partial charge is 0.0250 e. The molecule has 0 bridgehead atoms. The highest BCUT2D eigenvalue weighted by molar-refractivity contribution is 5.28. The third kappa shape index (κ3) is 2.38. The van der Waals surface area contributed by atoms with Gasteiger partial charge in [0.15, 0.2) is 0 Å². The summed E-state index contributed by atoms with van der Waals surface area (Å²) in [5.41, 5.74) is 9.03. The number of nitrogens with two attached hydrogens (primary N) is 1. The minimum atomic E-state index is 0.626. The number of aryl methyl sites for hydroxylation is 1. The summed E-state index contributed by atoms with van der Waals surface area (Å²) < 4.78 is 0. The Kier molecular flexibility index (Phi) is 3.17. The van der Waals surface area contributed by atoms with Gasteiger partial charge in [-0.05, 0) is 49.3 Å². The van der Waals surface area contributed by atoms with Crippen LogP contribution in [0, 0.1) is 5.92 Å². The highest BCUT2D eigenvalue weighted by atomic mass is 15.2. The number of nitrogens with zero attached hydrogens (tertiary/aromatic N) is 1. The average molecular weight is 230 g/mol. The van der Waals surface area contributed by atoms with Crippen molar-refractivity contribution < 1.29 is 0 Å². The average Bonchev–Trinajstić information content (AvgIpc) is 3.16. The van der Waals surface area contributed by atoms with E-state index in [0.29, 0.717) is 6.04 Å².